The molecule has 0 bridgehead atoms. The summed E-state index contributed by atoms with van der Waals surface area (Å²) in [7, 11) is 0. The van der Waals surface area contributed by atoms with Crippen molar-refractivity contribution in [2.75, 3.05) is 0 Å². The largest absolute Gasteiger partial charge is 0.492 e. The molecule has 1 heterocycles. The van der Waals surface area contributed by atoms with Gasteiger partial charge < -0.3 is 5.11 Å². The summed E-state index contributed by atoms with van der Waals surface area (Å²) in [5.41, 5.74) is -1.68. The molecule has 0 spiro atoms. The summed E-state index contributed by atoms with van der Waals surface area (Å²) in [5.74, 6) is -2.61. The highest BCUT2D eigenvalue weighted by Crippen LogP contribution is 2.20. The molecule has 2 aromatic rings. The molecule has 0 fully saturated rings. The average Bonchev–Trinajstić information content (AvgIpc) is 2.36. The van der Waals surface area contributed by atoms with Crippen molar-refractivity contribution in [1.29, 1.82) is 5.26 Å². The molecule has 0 unspecified atom stereocenters. The highest BCUT2D eigenvalue weighted by molar-refractivity contribution is 5.54. The van der Waals surface area contributed by atoms with Gasteiger partial charge in [0.15, 0.2) is 0 Å². The second-order valence-corrected chi connectivity index (χ2v) is 3.81. The molecule has 19 heavy (non-hydrogen) atoms. The normalized spacial score (nSPS) is 10.2. The smallest absolute Gasteiger partial charge is 0.335 e. The fourth-order valence-corrected chi connectivity index (χ4v) is 1.71. The van der Waals surface area contributed by atoms with E-state index < -0.39 is 22.9 Å². The van der Waals surface area contributed by atoms with Gasteiger partial charge in [-0.05, 0) is 18.6 Å². The minimum absolute atomic E-state index is 0.000139. The second-order valence-electron chi connectivity index (χ2n) is 3.81. The Balaban J connectivity index is 2.93. The summed E-state index contributed by atoms with van der Waals surface area (Å²) in [6.45, 7) is 1.63. The Hall–Kier alpha value is -2.88. The van der Waals surface area contributed by atoms with E-state index in [1.807, 2.05) is 6.07 Å². The lowest BCUT2D eigenvalue weighted by Crippen LogP contribution is -2.31. The number of aromatic amines is 1. The lowest BCUT2D eigenvalue weighted by Gasteiger charge is -2.10. The number of aryl methyl sites for hydroxylation is 1. The van der Waals surface area contributed by atoms with E-state index in [4.69, 9.17) is 5.26 Å². The van der Waals surface area contributed by atoms with Crippen LogP contribution in [0.15, 0.2) is 27.8 Å². The molecular weight excluding hydrogens is 253 g/mol. The Bertz CT molecular complexity index is 814. The first kappa shape index (κ1) is 12.6. The van der Waals surface area contributed by atoms with E-state index in [1.165, 1.54) is 6.07 Å². The van der Waals surface area contributed by atoms with Crippen molar-refractivity contribution in [1.82, 2.24) is 9.55 Å². The Morgan fingerprint density at radius 2 is 2.11 bits per heavy atom. The number of nitrogens with one attached hydrogen (secondary N) is 1. The molecule has 6 nitrogen and oxygen atoms in total. The van der Waals surface area contributed by atoms with Gasteiger partial charge in [0.25, 0.3) is 5.56 Å². The first-order valence-electron chi connectivity index (χ1n) is 5.21. The molecule has 2 rings (SSSR count). The van der Waals surface area contributed by atoms with Crippen molar-refractivity contribution in [3.05, 3.63) is 56.0 Å². The van der Waals surface area contributed by atoms with Gasteiger partial charge in [-0.2, -0.15) is 9.65 Å². The van der Waals surface area contributed by atoms with E-state index in [0.29, 0.717) is 10.1 Å². The fourth-order valence-electron chi connectivity index (χ4n) is 1.71. The van der Waals surface area contributed by atoms with Crippen LogP contribution in [0.2, 0.25) is 0 Å². The lowest BCUT2D eigenvalue weighted by atomic mass is 10.1. The Morgan fingerprint density at radius 1 is 1.42 bits per heavy atom. The van der Waals surface area contributed by atoms with Crippen molar-refractivity contribution >= 4 is 0 Å². The zero-order valence-electron chi connectivity index (χ0n) is 9.77. The molecule has 0 saturated carbocycles. The third-order valence-corrected chi connectivity index (χ3v) is 2.63. The molecule has 96 valence electrons. The van der Waals surface area contributed by atoms with E-state index in [9.17, 15) is 19.1 Å². The van der Waals surface area contributed by atoms with Crippen molar-refractivity contribution in [3.8, 4) is 17.6 Å². The second kappa shape index (κ2) is 4.42. The van der Waals surface area contributed by atoms with E-state index in [0.717, 1.165) is 0 Å². The van der Waals surface area contributed by atoms with Gasteiger partial charge in [0, 0.05) is 0 Å². The molecule has 2 N–H and O–H groups in total. The Labute approximate surface area is 106 Å². The zero-order chi connectivity index (χ0) is 14.2. The summed E-state index contributed by atoms with van der Waals surface area (Å²) in [6, 6.07) is 6.40. The third-order valence-electron chi connectivity index (χ3n) is 2.63. The molecule has 0 aliphatic rings. The molecule has 7 heteroatoms. The zero-order valence-corrected chi connectivity index (χ0v) is 9.77. The van der Waals surface area contributed by atoms with E-state index in [1.54, 1.807) is 24.0 Å². The topological polar surface area (TPSA) is 98.9 Å². The number of benzene rings is 1. The van der Waals surface area contributed by atoms with Crippen LogP contribution in [0.25, 0.3) is 5.69 Å². The average molecular weight is 261 g/mol. The maximum atomic E-state index is 13.4. The van der Waals surface area contributed by atoms with Gasteiger partial charge in [0.1, 0.15) is 6.07 Å². The van der Waals surface area contributed by atoms with Crippen LogP contribution in [0.3, 0.4) is 0 Å². The van der Waals surface area contributed by atoms with E-state index in [2.05, 4.69) is 0 Å². The minimum atomic E-state index is -1.48. The maximum Gasteiger partial charge on any atom is 0.335 e. The molecular formula is C12H8FN3O3. The monoisotopic (exact) mass is 261 g/mol. The number of hydrogen-bond donors (Lipinski definition) is 2. The SMILES string of the molecule is Cc1cccc(-n2c(O)c(F)c(=O)[nH]c2=O)c1C#N. The first-order chi connectivity index (χ1) is 8.97. The lowest BCUT2D eigenvalue weighted by molar-refractivity contribution is 0.386. The number of aromatic hydroxyl groups is 1. The summed E-state index contributed by atoms with van der Waals surface area (Å²) >= 11 is 0. The van der Waals surface area contributed by atoms with Gasteiger partial charge in [-0.3, -0.25) is 9.78 Å². The third kappa shape index (κ3) is 1.89. The number of aromatic nitrogens is 2. The Morgan fingerprint density at radius 3 is 2.74 bits per heavy atom. The molecule has 0 amide bonds. The van der Waals surface area contributed by atoms with E-state index >= 15 is 0 Å². The number of hydrogen-bond acceptors (Lipinski definition) is 4. The predicted octanol–water partition coefficient (Wildman–Crippen LogP) is 0.551. The van der Waals surface area contributed by atoms with E-state index in [-0.39, 0.29) is 11.3 Å². The molecule has 1 aromatic carbocycles. The van der Waals surface area contributed by atoms with Crippen molar-refractivity contribution in [2.45, 2.75) is 6.92 Å². The van der Waals surface area contributed by atoms with Gasteiger partial charge in [0.05, 0.1) is 11.3 Å². The van der Waals surface area contributed by atoms with Gasteiger partial charge in [-0.15, -0.1) is 0 Å². The van der Waals surface area contributed by atoms with Crippen LogP contribution in [-0.4, -0.2) is 14.7 Å². The highest BCUT2D eigenvalue weighted by Gasteiger charge is 2.18. The molecule has 0 aliphatic heterocycles. The summed E-state index contributed by atoms with van der Waals surface area (Å²) in [4.78, 5) is 24.4. The molecule has 0 radical (unpaired) electrons. The highest BCUT2D eigenvalue weighted by atomic mass is 19.1. The van der Waals surface area contributed by atoms with Gasteiger partial charge in [-0.25, -0.2) is 9.36 Å². The summed E-state index contributed by atoms with van der Waals surface area (Å²) < 4.78 is 13.9. The number of halogens is 1. The Kier molecular flexibility index (Phi) is 2.92. The van der Waals surface area contributed by atoms with Crippen LogP contribution in [0.1, 0.15) is 11.1 Å². The number of nitrogens with zero attached hydrogens (tertiary/aromatic N) is 2. The van der Waals surface area contributed by atoms with Crippen LogP contribution in [0, 0.1) is 24.1 Å². The fraction of sp³-hybridized carbons (Fsp3) is 0.0833. The van der Waals surface area contributed by atoms with Crippen LogP contribution in [0.4, 0.5) is 4.39 Å². The standard InChI is InChI=1S/C12H8FN3O3/c1-6-3-2-4-8(7(6)5-14)16-11(18)9(13)10(17)15-12(16)19/h2-4,18H,1H3,(H,15,17,19). The first-order valence-corrected chi connectivity index (χ1v) is 5.21. The molecule has 0 atom stereocenters. The van der Waals surface area contributed by atoms with Crippen LogP contribution in [0.5, 0.6) is 5.88 Å². The maximum absolute atomic E-state index is 13.4. The van der Waals surface area contributed by atoms with Crippen molar-refractivity contribution in [2.24, 2.45) is 0 Å². The summed E-state index contributed by atoms with van der Waals surface area (Å²) in [5, 5.41) is 18.6. The number of rotatable bonds is 1. The van der Waals surface area contributed by atoms with Crippen molar-refractivity contribution in [3.63, 3.8) is 0 Å². The predicted molar refractivity (Wildman–Crippen MR) is 63.7 cm³/mol. The molecule has 0 saturated heterocycles. The van der Waals surface area contributed by atoms with Crippen LogP contribution < -0.4 is 11.2 Å². The minimum Gasteiger partial charge on any atom is -0.492 e. The van der Waals surface area contributed by atoms with Crippen LogP contribution >= 0.6 is 0 Å². The van der Waals surface area contributed by atoms with Gasteiger partial charge in [0.2, 0.25) is 11.7 Å². The quantitative estimate of drug-likeness (QED) is 0.783. The van der Waals surface area contributed by atoms with Crippen LogP contribution in [-0.2, 0) is 0 Å². The number of H-pyrrole nitrogens is 1. The number of nitriles is 1. The van der Waals surface area contributed by atoms with Crippen molar-refractivity contribution < 1.29 is 9.50 Å². The molecule has 0 aliphatic carbocycles. The van der Waals surface area contributed by atoms with Gasteiger partial charge >= 0.3 is 5.69 Å². The molecule has 1 aromatic heterocycles. The van der Waals surface area contributed by atoms with Gasteiger partial charge in [-0.1, -0.05) is 12.1 Å². The summed E-state index contributed by atoms with van der Waals surface area (Å²) in [6.07, 6.45) is 0.